The van der Waals surface area contributed by atoms with Crippen molar-refractivity contribution in [2.45, 2.75) is 344 Å². The minimum absolute atomic E-state index is 0. The van der Waals surface area contributed by atoms with Crippen molar-refractivity contribution in [2.24, 2.45) is 7.05 Å². The predicted octanol–water partition coefficient (Wildman–Crippen LogP) is 33.5. The lowest BCUT2D eigenvalue weighted by molar-refractivity contribution is -0.390. The SMILES string of the molecule is C.CC(C)(C)c1ccccn1.CC(C)(C)c1cccnc1.CC(C)c1cc(Cl)ncc1Br.CC(C)c1cccnc1[N+](=O)[O-].CC(C)c1ccnc(Cl)c1.CC(C)c1ccncc1.CC(C)c1ccncc1C#N.CC(C)c1ccncc1C(F)(F)F.Cc1cnc(C(C)C)o1.Cc1ncccc1C(C)C.Cc1nnc(C(C)C)o1.Cc1noc(C(C)C)n1.Cc1occc1C(C)C.Cn1ccnc1C(C)(C)C. The normalized spacial score (nSPS) is 10.7. The fourth-order valence-corrected chi connectivity index (χ4v) is 13.1. The predicted molar refractivity (Wildman–Crippen MR) is 581 cm³/mol. The molecule has 14 rings (SSSR count). The lowest BCUT2D eigenvalue weighted by atomic mass is 9.88. The Morgan fingerprint density at radius 1 is 0.448 bits per heavy atom. The van der Waals surface area contributed by atoms with Crippen LogP contribution in [0.25, 0.3) is 0 Å². The van der Waals surface area contributed by atoms with Crippen molar-refractivity contribution >= 4 is 44.9 Å². The third kappa shape index (κ3) is 53.3. The van der Waals surface area contributed by atoms with Gasteiger partial charge in [-0.25, -0.2) is 19.9 Å². The molecule has 24 nitrogen and oxygen atoms in total. The number of nitro groups is 1. The number of oxazole rings is 1. The second-order valence-corrected chi connectivity index (χ2v) is 41.1. The average molecular weight is 2070 g/mol. The molecule has 0 fully saturated rings. The summed E-state index contributed by atoms with van der Waals surface area (Å²) in [5.74, 6) is 10.9. The summed E-state index contributed by atoms with van der Waals surface area (Å²) in [6.45, 7) is 74.2. The van der Waals surface area contributed by atoms with Crippen LogP contribution in [0, 0.1) is 56.1 Å². The Hall–Kier alpha value is -11.9. The van der Waals surface area contributed by atoms with Crippen LogP contribution in [-0.4, -0.2) is 84.7 Å². The zero-order chi connectivity index (χ0) is 108. The Bertz CT molecular complexity index is 5680. The first-order valence-corrected chi connectivity index (χ1v) is 49.3. The van der Waals surface area contributed by atoms with E-state index >= 15 is 0 Å². The maximum Gasteiger partial charge on any atom is 0.418 e. The quantitative estimate of drug-likeness (QED) is 0.0623. The van der Waals surface area contributed by atoms with E-state index < -0.39 is 16.7 Å². The number of furan rings is 1. The second kappa shape index (κ2) is 66.8. The first-order chi connectivity index (χ1) is 66.2. The molecule has 0 bridgehead atoms. The number of alkyl halides is 3. The molecule has 0 saturated carbocycles. The standard InChI is InChI=1S/C9H10F3N.C9H10N2.3C9H13N.C8H9BrClN.C8H10ClN.C8H10N2O2.C8H14N2.C8H11N.C8H12O.C7H11NO.2C6H10N2O.CH4/c1-6(2)7-3-4-13-5-8(7)9(10,11)12;1-7(2)9-3-4-11-6-8(9)5-10;1-9(2,3)8-5-4-6-10-7-8;1-9(2,3)8-6-4-5-7-10-8;1-7(2)9-5-4-6-10-8(9)3;1-5(2)6-3-8(10)11-4-7(6)9;1-6(2)7-3-4-10-8(9)5-7;1-6(2)7-4-3-5-9-8(7)10(11)12;1-8(2,3)7-9-5-6-10(7)4;1-7(2)8-3-5-9-6-4-8;1-6(2)8-4-5-9-7(8)3;1-5(2)7-8-4-6(3)9-7;1-4(2)6-8-7-5(3)9-6;1-4(2)6-7-5(3)8-9-6;/h3-6H,1-2H3;3-4,6-7H,1-2H3;3*4-7H,1-3H3;3-5H,1-2H3;3-6H,1-2H3;3-6H,1-2H3;5-6H,1-4H3;3-7H,1-2H3;4-6H,1-3H3;4-5H,1-3H3;2*4H,1-3H3;1H4. The Balaban J connectivity index is 0.00000152. The van der Waals surface area contributed by atoms with Gasteiger partial charge in [-0.2, -0.15) is 23.4 Å². The molecular formula is C113H160BrCl2F3N18O6. The number of pyridine rings is 9. The molecule has 14 aromatic rings. The van der Waals surface area contributed by atoms with Gasteiger partial charge in [-0.1, -0.05) is 269 Å². The molecule has 0 aromatic carbocycles. The van der Waals surface area contributed by atoms with Gasteiger partial charge in [0.25, 0.3) is 0 Å². The van der Waals surface area contributed by atoms with Crippen molar-refractivity contribution in [3.63, 3.8) is 0 Å². The van der Waals surface area contributed by atoms with Crippen molar-refractivity contribution < 1.29 is 35.9 Å². The maximum atomic E-state index is 12.4. The van der Waals surface area contributed by atoms with Gasteiger partial charge in [0.1, 0.15) is 39.9 Å². The van der Waals surface area contributed by atoms with Crippen LogP contribution in [0.4, 0.5) is 19.0 Å². The van der Waals surface area contributed by atoms with E-state index in [4.69, 9.17) is 46.2 Å². The molecule has 0 aliphatic heterocycles. The van der Waals surface area contributed by atoms with Gasteiger partial charge in [-0.3, -0.25) is 29.9 Å². The highest BCUT2D eigenvalue weighted by atomic mass is 79.9. The van der Waals surface area contributed by atoms with Crippen LogP contribution in [-0.2, 0) is 29.5 Å². The molecule has 780 valence electrons. The lowest BCUT2D eigenvalue weighted by Gasteiger charge is -2.17. The van der Waals surface area contributed by atoms with Crippen LogP contribution in [0.5, 0.6) is 0 Å². The minimum atomic E-state index is -4.30. The van der Waals surface area contributed by atoms with Gasteiger partial charge in [0.2, 0.25) is 17.7 Å². The first-order valence-electron chi connectivity index (χ1n) is 47.7. The van der Waals surface area contributed by atoms with Crippen LogP contribution in [0.3, 0.4) is 0 Å². The second-order valence-electron chi connectivity index (χ2n) is 39.5. The van der Waals surface area contributed by atoms with Crippen LogP contribution >= 0.6 is 39.1 Å². The van der Waals surface area contributed by atoms with Gasteiger partial charge in [0.15, 0.2) is 11.7 Å². The van der Waals surface area contributed by atoms with Gasteiger partial charge in [-0.05, 0) is 236 Å². The summed E-state index contributed by atoms with van der Waals surface area (Å²) in [6.07, 6.45) is 24.5. The Labute approximate surface area is 870 Å². The van der Waals surface area contributed by atoms with E-state index in [1.54, 1.807) is 76.3 Å². The molecule has 0 radical (unpaired) electrons. The topological polar surface area (TPSA) is 318 Å². The lowest BCUT2D eigenvalue weighted by Crippen LogP contribution is -2.16. The number of rotatable bonds is 12. The van der Waals surface area contributed by atoms with Gasteiger partial charge >= 0.3 is 12.0 Å². The number of hydrogen-bond acceptors (Lipinski definition) is 22. The van der Waals surface area contributed by atoms with E-state index in [1.165, 1.54) is 51.8 Å². The molecule has 0 aliphatic rings. The zero-order valence-corrected chi connectivity index (χ0v) is 93.8. The largest absolute Gasteiger partial charge is 0.469 e. The number of hydrogen-bond donors (Lipinski definition) is 0. The molecule has 30 heteroatoms. The van der Waals surface area contributed by atoms with Crippen LogP contribution in [0.2, 0.25) is 10.3 Å². The summed E-state index contributed by atoms with van der Waals surface area (Å²) in [4.78, 5) is 57.7. The van der Waals surface area contributed by atoms with Crippen LogP contribution < -0.4 is 0 Å². The van der Waals surface area contributed by atoms with E-state index in [-0.39, 0.29) is 41.3 Å². The Morgan fingerprint density at radius 3 is 1.28 bits per heavy atom. The average Bonchev–Trinajstić information content (AvgIpc) is 0.995. The molecular weight excluding hydrogens is 1910 g/mol. The summed E-state index contributed by atoms with van der Waals surface area (Å²) < 4.78 is 60.5. The van der Waals surface area contributed by atoms with Crippen molar-refractivity contribution in [3.05, 3.63) is 353 Å². The van der Waals surface area contributed by atoms with Crippen molar-refractivity contribution in [2.75, 3.05) is 0 Å². The third-order valence-electron chi connectivity index (χ3n) is 20.1. The van der Waals surface area contributed by atoms with Crippen molar-refractivity contribution in [3.8, 4) is 6.07 Å². The molecule has 0 unspecified atom stereocenters. The van der Waals surface area contributed by atoms with Crippen LogP contribution in [0.1, 0.15) is 406 Å². The Morgan fingerprint density at radius 2 is 0.965 bits per heavy atom. The highest BCUT2D eigenvalue weighted by Gasteiger charge is 2.34. The summed E-state index contributed by atoms with van der Waals surface area (Å²) in [6, 6.07) is 35.0. The number of aryl methyl sites for hydroxylation is 6. The van der Waals surface area contributed by atoms with Gasteiger partial charge in [0.05, 0.1) is 29.2 Å². The van der Waals surface area contributed by atoms with Crippen LogP contribution in [0.15, 0.2) is 231 Å². The first kappa shape index (κ1) is 131. The molecule has 0 spiro atoms. The summed E-state index contributed by atoms with van der Waals surface area (Å²) >= 11 is 14.8. The van der Waals surface area contributed by atoms with E-state index in [2.05, 4.69) is 286 Å². The highest BCUT2D eigenvalue weighted by Crippen LogP contribution is 2.35. The number of aromatic nitrogens is 16. The maximum absolute atomic E-state index is 12.4. The number of imidazole rings is 1. The molecule has 14 heterocycles. The molecule has 14 aromatic heterocycles. The van der Waals surface area contributed by atoms with E-state index in [9.17, 15) is 23.3 Å². The van der Waals surface area contributed by atoms with Gasteiger partial charge in [0, 0.05) is 145 Å². The van der Waals surface area contributed by atoms with Gasteiger partial charge < -0.3 is 32.5 Å². The van der Waals surface area contributed by atoms with E-state index in [1.807, 2.05) is 179 Å². The van der Waals surface area contributed by atoms with Gasteiger partial charge in [-0.15, -0.1) is 10.2 Å². The van der Waals surface area contributed by atoms with E-state index in [0.29, 0.717) is 104 Å². The molecule has 0 atom stereocenters. The fraction of sp³-hybridized carbons (Fsp3) is 0.469. The van der Waals surface area contributed by atoms with Crippen molar-refractivity contribution in [1.29, 1.82) is 5.26 Å². The molecule has 143 heavy (non-hydrogen) atoms. The number of nitriles is 1. The van der Waals surface area contributed by atoms with E-state index in [0.717, 1.165) is 50.9 Å². The molecule has 0 N–H and O–H groups in total. The zero-order valence-electron chi connectivity index (χ0n) is 90.7. The fourth-order valence-electron chi connectivity index (χ4n) is 12.1. The number of nitrogens with zero attached hydrogens (tertiary/aromatic N) is 18. The number of halogens is 6. The smallest absolute Gasteiger partial charge is 0.418 e. The highest BCUT2D eigenvalue weighted by molar-refractivity contribution is 9.10. The minimum Gasteiger partial charge on any atom is -0.469 e. The molecule has 0 aliphatic carbocycles. The Kier molecular flexibility index (Phi) is 61.3. The van der Waals surface area contributed by atoms with Crippen molar-refractivity contribution in [1.82, 2.24) is 79.7 Å². The summed E-state index contributed by atoms with van der Waals surface area (Å²) in [5.41, 5.74) is 12.7. The molecule has 0 amide bonds. The molecule has 0 saturated heterocycles. The monoisotopic (exact) mass is 2070 g/mol. The third-order valence-corrected chi connectivity index (χ3v) is 21.2. The summed E-state index contributed by atoms with van der Waals surface area (Å²) in [7, 11) is 2.02. The summed E-state index contributed by atoms with van der Waals surface area (Å²) in [5, 5.41) is 31.4.